The monoisotopic (exact) mass is 208 g/mol. The fourth-order valence-corrected chi connectivity index (χ4v) is 1.59. The van der Waals surface area contributed by atoms with E-state index < -0.39 is 0 Å². The summed E-state index contributed by atoms with van der Waals surface area (Å²) < 4.78 is 0. The van der Waals surface area contributed by atoms with Crippen molar-refractivity contribution in [2.45, 2.75) is 39.0 Å². The summed E-state index contributed by atoms with van der Waals surface area (Å²) in [5.74, 6) is -0.0697. The van der Waals surface area contributed by atoms with E-state index in [1.165, 1.54) is 25.7 Å². The Morgan fingerprint density at radius 3 is 2.87 bits per heavy atom. The van der Waals surface area contributed by atoms with Crippen molar-refractivity contribution >= 4 is 11.6 Å². The lowest BCUT2D eigenvalue weighted by atomic mass is 10.1. The smallest absolute Gasteiger partial charge is 0.246 e. The second-order valence-electron chi connectivity index (χ2n) is 4.08. The number of aliphatic imine (C=N–C) groups is 1. The zero-order chi connectivity index (χ0) is 11.1. The molecule has 0 aromatic heterocycles. The van der Waals surface area contributed by atoms with Crippen LogP contribution in [0.15, 0.2) is 17.1 Å². The standard InChI is InChI=1S/C12H20N2O/c1-10(2)12(15)14-9-11-7-5-3-4-6-8-13-11/h1,3-9H2,2H3,(H,14,15). The number of carbonyl (C=O) groups excluding carboxylic acids is 1. The summed E-state index contributed by atoms with van der Waals surface area (Å²) >= 11 is 0. The predicted molar refractivity (Wildman–Crippen MR) is 63.2 cm³/mol. The summed E-state index contributed by atoms with van der Waals surface area (Å²) in [6.45, 7) is 6.82. The first-order valence-corrected chi connectivity index (χ1v) is 5.66. The van der Waals surface area contributed by atoms with E-state index in [2.05, 4.69) is 16.9 Å². The van der Waals surface area contributed by atoms with Gasteiger partial charge in [-0.3, -0.25) is 9.79 Å². The number of hydrogen-bond donors (Lipinski definition) is 1. The molecular weight excluding hydrogens is 188 g/mol. The van der Waals surface area contributed by atoms with Crippen LogP contribution >= 0.6 is 0 Å². The Morgan fingerprint density at radius 1 is 1.40 bits per heavy atom. The second-order valence-corrected chi connectivity index (χ2v) is 4.08. The third-order valence-electron chi connectivity index (χ3n) is 2.55. The zero-order valence-corrected chi connectivity index (χ0v) is 9.51. The van der Waals surface area contributed by atoms with Crippen LogP contribution in [0, 0.1) is 0 Å². The van der Waals surface area contributed by atoms with Gasteiger partial charge in [0.1, 0.15) is 0 Å². The normalized spacial score (nSPS) is 17.3. The lowest BCUT2D eigenvalue weighted by Gasteiger charge is -2.11. The van der Waals surface area contributed by atoms with E-state index in [4.69, 9.17) is 0 Å². The molecule has 0 radical (unpaired) electrons. The molecule has 0 saturated heterocycles. The summed E-state index contributed by atoms with van der Waals surface area (Å²) in [5.41, 5.74) is 1.69. The van der Waals surface area contributed by atoms with Crippen LogP contribution in [0.4, 0.5) is 0 Å². The van der Waals surface area contributed by atoms with Crippen LogP contribution in [0.2, 0.25) is 0 Å². The molecule has 0 aromatic rings. The van der Waals surface area contributed by atoms with E-state index in [9.17, 15) is 4.79 Å². The van der Waals surface area contributed by atoms with Gasteiger partial charge in [0, 0.05) is 17.8 Å². The number of amides is 1. The molecule has 1 amide bonds. The molecule has 0 aliphatic carbocycles. The van der Waals surface area contributed by atoms with Gasteiger partial charge in [0.25, 0.3) is 0 Å². The molecule has 1 rings (SSSR count). The Bertz CT molecular complexity index is 269. The minimum Gasteiger partial charge on any atom is -0.347 e. The summed E-state index contributed by atoms with van der Waals surface area (Å²) in [5, 5.41) is 2.83. The zero-order valence-electron chi connectivity index (χ0n) is 9.51. The van der Waals surface area contributed by atoms with Gasteiger partial charge in [-0.25, -0.2) is 0 Å². The Hall–Kier alpha value is -1.12. The molecule has 15 heavy (non-hydrogen) atoms. The van der Waals surface area contributed by atoms with Gasteiger partial charge in [0.15, 0.2) is 0 Å². The molecule has 0 spiro atoms. The molecule has 1 heterocycles. The average molecular weight is 208 g/mol. The molecule has 0 unspecified atom stereocenters. The molecule has 0 atom stereocenters. The molecule has 3 heteroatoms. The average Bonchev–Trinajstić information content (AvgIpc) is 2.15. The highest BCUT2D eigenvalue weighted by Gasteiger charge is 2.06. The Balaban J connectivity index is 2.35. The van der Waals surface area contributed by atoms with Crippen LogP contribution < -0.4 is 5.32 Å². The summed E-state index contributed by atoms with van der Waals surface area (Å²) in [6, 6.07) is 0. The van der Waals surface area contributed by atoms with Crippen molar-refractivity contribution < 1.29 is 4.79 Å². The Labute approximate surface area is 91.7 Å². The van der Waals surface area contributed by atoms with Crippen molar-refractivity contribution in [3.63, 3.8) is 0 Å². The first-order valence-electron chi connectivity index (χ1n) is 5.66. The summed E-state index contributed by atoms with van der Waals surface area (Å²) in [4.78, 5) is 15.8. The fraction of sp³-hybridized carbons (Fsp3) is 0.667. The third-order valence-corrected chi connectivity index (χ3v) is 2.55. The molecular formula is C12H20N2O. The van der Waals surface area contributed by atoms with Crippen LogP contribution in [-0.2, 0) is 4.79 Å². The summed E-state index contributed by atoms with van der Waals surface area (Å²) in [6.07, 6.45) is 5.97. The van der Waals surface area contributed by atoms with E-state index in [-0.39, 0.29) is 5.91 Å². The van der Waals surface area contributed by atoms with Crippen LogP contribution in [0.1, 0.15) is 39.0 Å². The summed E-state index contributed by atoms with van der Waals surface area (Å²) in [7, 11) is 0. The molecule has 1 N–H and O–H groups in total. The molecule has 0 bridgehead atoms. The third kappa shape index (κ3) is 4.77. The quantitative estimate of drug-likeness (QED) is 0.709. The highest BCUT2D eigenvalue weighted by molar-refractivity contribution is 5.96. The molecule has 1 aliphatic rings. The lowest BCUT2D eigenvalue weighted by molar-refractivity contribution is -0.117. The Morgan fingerprint density at radius 2 is 2.13 bits per heavy atom. The molecule has 0 saturated carbocycles. The number of carbonyl (C=O) groups is 1. The van der Waals surface area contributed by atoms with E-state index in [1.54, 1.807) is 6.92 Å². The van der Waals surface area contributed by atoms with Crippen molar-refractivity contribution in [1.82, 2.24) is 5.32 Å². The molecule has 0 aromatic carbocycles. The molecule has 84 valence electrons. The van der Waals surface area contributed by atoms with E-state index >= 15 is 0 Å². The maximum absolute atomic E-state index is 11.3. The molecule has 3 nitrogen and oxygen atoms in total. The van der Waals surface area contributed by atoms with E-state index in [0.717, 1.165) is 18.7 Å². The van der Waals surface area contributed by atoms with Crippen molar-refractivity contribution in [3.8, 4) is 0 Å². The maximum atomic E-state index is 11.3. The van der Waals surface area contributed by atoms with Gasteiger partial charge >= 0.3 is 0 Å². The highest BCUT2D eigenvalue weighted by Crippen LogP contribution is 2.08. The highest BCUT2D eigenvalue weighted by atomic mass is 16.1. The van der Waals surface area contributed by atoms with Crippen LogP contribution in [-0.4, -0.2) is 24.7 Å². The van der Waals surface area contributed by atoms with Gasteiger partial charge in [-0.05, 0) is 26.2 Å². The first-order chi connectivity index (χ1) is 7.20. The van der Waals surface area contributed by atoms with Crippen LogP contribution in [0.5, 0.6) is 0 Å². The number of rotatable bonds is 3. The number of nitrogens with one attached hydrogen (secondary N) is 1. The minimum atomic E-state index is -0.0697. The van der Waals surface area contributed by atoms with Gasteiger partial charge in [0.2, 0.25) is 5.91 Å². The number of hydrogen-bond acceptors (Lipinski definition) is 2. The van der Waals surface area contributed by atoms with E-state index in [1.807, 2.05) is 0 Å². The van der Waals surface area contributed by atoms with Crippen LogP contribution in [0.3, 0.4) is 0 Å². The Kier molecular flexibility index (Phi) is 5.08. The molecule has 0 fully saturated rings. The van der Waals surface area contributed by atoms with Gasteiger partial charge < -0.3 is 5.32 Å². The van der Waals surface area contributed by atoms with Crippen molar-refractivity contribution in [1.29, 1.82) is 0 Å². The van der Waals surface area contributed by atoms with Crippen LogP contribution in [0.25, 0.3) is 0 Å². The molecule has 1 aliphatic heterocycles. The van der Waals surface area contributed by atoms with Gasteiger partial charge in [0.05, 0.1) is 6.54 Å². The van der Waals surface area contributed by atoms with Gasteiger partial charge in [-0.2, -0.15) is 0 Å². The lowest BCUT2D eigenvalue weighted by Crippen LogP contribution is -2.30. The van der Waals surface area contributed by atoms with Gasteiger partial charge in [-0.1, -0.05) is 19.4 Å². The topological polar surface area (TPSA) is 41.5 Å². The van der Waals surface area contributed by atoms with Crippen molar-refractivity contribution in [2.24, 2.45) is 4.99 Å². The minimum absolute atomic E-state index is 0.0697. The van der Waals surface area contributed by atoms with Gasteiger partial charge in [-0.15, -0.1) is 0 Å². The SMILES string of the molecule is C=C(C)C(=O)NCC1=NCCCCCC1. The fourth-order valence-electron chi connectivity index (χ4n) is 1.59. The maximum Gasteiger partial charge on any atom is 0.246 e. The predicted octanol–water partition coefficient (Wildman–Crippen LogP) is 2.08. The largest absolute Gasteiger partial charge is 0.347 e. The second kappa shape index (κ2) is 6.38. The van der Waals surface area contributed by atoms with Crippen molar-refractivity contribution in [3.05, 3.63) is 12.2 Å². The van der Waals surface area contributed by atoms with E-state index in [0.29, 0.717) is 12.1 Å². The van der Waals surface area contributed by atoms with Crippen molar-refractivity contribution in [2.75, 3.05) is 13.1 Å². The first kappa shape index (κ1) is 12.0. The number of nitrogens with zero attached hydrogens (tertiary/aromatic N) is 1.